The molecule has 0 aromatic heterocycles. The zero-order valence-corrected chi connectivity index (χ0v) is 10.5. The first-order valence-corrected chi connectivity index (χ1v) is 5.75. The lowest BCUT2D eigenvalue weighted by molar-refractivity contribution is -0.147. The van der Waals surface area contributed by atoms with Crippen LogP contribution in [-0.2, 0) is 14.3 Å². The molecule has 1 aliphatic carbocycles. The van der Waals surface area contributed by atoms with Crippen molar-refractivity contribution in [2.45, 2.75) is 25.3 Å². The van der Waals surface area contributed by atoms with E-state index in [1.807, 2.05) is 0 Å². The molecule has 0 unspecified atom stereocenters. The molecule has 0 saturated heterocycles. The molecule has 0 spiro atoms. The monoisotopic (exact) mass is 258 g/mol. The Kier molecular flexibility index (Phi) is 4.94. The van der Waals surface area contributed by atoms with Crippen LogP contribution < -0.4 is 5.32 Å². The second-order valence-corrected chi connectivity index (χ2v) is 4.44. The molecule has 0 aliphatic heterocycles. The van der Waals surface area contributed by atoms with Gasteiger partial charge >= 0.3 is 18.0 Å². The molecule has 0 aromatic rings. The molecule has 1 atom stereocenters. The van der Waals surface area contributed by atoms with Gasteiger partial charge in [-0.2, -0.15) is 0 Å². The van der Waals surface area contributed by atoms with E-state index in [1.165, 1.54) is 12.0 Å². The van der Waals surface area contributed by atoms with Gasteiger partial charge in [0.1, 0.15) is 6.04 Å². The van der Waals surface area contributed by atoms with Crippen LogP contribution in [0.15, 0.2) is 0 Å². The van der Waals surface area contributed by atoms with Crippen molar-refractivity contribution in [3.8, 4) is 0 Å². The van der Waals surface area contributed by atoms with Gasteiger partial charge in [-0.05, 0) is 18.8 Å². The molecule has 2 amide bonds. The molecule has 1 fully saturated rings. The smallest absolute Gasteiger partial charge is 0.326 e. The van der Waals surface area contributed by atoms with Gasteiger partial charge in [0, 0.05) is 13.6 Å². The lowest BCUT2D eigenvalue weighted by Gasteiger charge is -2.20. The number of esters is 1. The molecular weight excluding hydrogens is 240 g/mol. The summed E-state index contributed by atoms with van der Waals surface area (Å²) in [7, 11) is 2.77. The Morgan fingerprint density at radius 1 is 1.44 bits per heavy atom. The van der Waals surface area contributed by atoms with Crippen molar-refractivity contribution < 1.29 is 24.2 Å². The van der Waals surface area contributed by atoms with E-state index < -0.39 is 24.0 Å². The molecule has 2 N–H and O–H groups in total. The molecule has 0 bridgehead atoms. The highest BCUT2D eigenvalue weighted by Gasteiger charge is 2.28. The van der Waals surface area contributed by atoms with Crippen LogP contribution in [0.3, 0.4) is 0 Å². The van der Waals surface area contributed by atoms with Gasteiger partial charge in [0.25, 0.3) is 0 Å². The second kappa shape index (κ2) is 6.23. The van der Waals surface area contributed by atoms with E-state index in [1.54, 1.807) is 7.05 Å². The highest BCUT2D eigenvalue weighted by atomic mass is 16.5. The molecule has 0 aromatic carbocycles. The van der Waals surface area contributed by atoms with Crippen LogP contribution in [0.4, 0.5) is 4.79 Å². The Labute approximate surface area is 105 Å². The predicted octanol–water partition coefficient (Wildman–Crippen LogP) is 0.0541. The quantitative estimate of drug-likeness (QED) is 0.656. The molecule has 18 heavy (non-hydrogen) atoms. The maximum absolute atomic E-state index is 11.7. The van der Waals surface area contributed by atoms with Gasteiger partial charge in [-0.15, -0.1) is 0 Å². The van der Waals surface area contributed by atoms with E-state index >= 15 is 0 Å². The summed E-state index contributed by atoms with van der Waals surface area (Å²) in [5.41, 5.74) is 0. The number of carboxylic acids is 1. The molecule has 1 rings (SSSR count). The predicted molar refractivity (Wildman–Crippen MR) is 61.9 cm³/mol. The van der Waals surface area contributed by atoms with E-state index in [4.69, 9.17) is 5.11 Å². The van der Waals surface area contributed by atoms with Gasteiger partial charge in [-0.3, -0.25) is 4.79 Å². The first-order chi connectivity index (χ1) is 8.43. The Morgan fingerprint density at radius 2 is 2.06 bits per heavy atom. The van der Waals surface area contributed by atoms with E-state index in [9.17, 15) is 14.4 Å². The fraction of sp³-hybridized carbons (Fsp3) is 0.727. The van der Waals surface area contributed by atoms with Gasteiger partial charge in [0.05, 0.1) is 13.5 Å². The lowest BCUT2D eigenvalue weighted by Crippen LogP contribution is -2.48. The highest BCUT2D eigenvalue weighted by Crippen LogP contribution is 2.29. The Bertz CT molecular complexity index is 340. The number of carboxylic acid groups (broad SMARTS) is 1. The lowest BCUT2D eigenvalue weighted by atomic mass is 10.2. The molecule has 7 heteroatoms. The largest absolute Gasteiger partial charge is 0.480 e. The number of aliphatic carboxylic acids is 1. The summed E-state index contributed by atoms with van der Waals surface area (Å²) in [6, 6.07) is -1.75. The van der Waals surface area contributed by atoms with E-state index in [0.29, 0.717) is 12.5 Å². The van der Waals surface area contributed by atoms with Gasteiger partial charge < -0.3 is 20.1 Å². The summed E-state index contributed by atoms with van der Waals surface area (Å²) in [6.45, 7) is 0.608. The van der Waals surface area contributed by atoms with Crippen LogP contribution in [0.2, 0.25) is 0 Å². The number of ether oxygens (including phenoxy) is 1. The van der Waals surface area contributed by atoms with E-state index in [-0.39, 0.29) is 6.42 Å². The fourth-order valence-corrected chi connectivity index (χ4v) is 1.48. The standard InChI is InChI=1S/C11H18N2O5/c1-13(6-7-3-4-7)11(17)12-8(10(15)16)5-9(14)18-2/h7-8H,3-6H2,1-2H3,(H,12,17)(H,15,16)/t8-/m0/s1. The summed E-state index contributed by atoms with van der Waals surface area (Å²) in [5.74, 6) is -1.41. The summed E-state index contributed by atoms with van der Waals surface area (Å²) >= 11 is 0. The van der Waals surface area contributed by atoms with Crippen molar-refractivity contribution in [3.63, 3.8) is 0 Å². The minimum atomic E-state index is -1.26. The number of amides is 2. The minimum Gasteiger partial charge on any atom is -0.480 e. The SMILES string of the molecule is COC(=O)C[C@H](NC(=O)N(C)CC1CC1)C(=O)O. The van der Waals surface area contributed by atoms with Crippen molar-refractivity contribution in [2.24, 2.45) is 5.92 Å². The maximum Gasteiger partial charge on any atom is 0.326 e. The Hall–Kier alpha value is -1.79. The van der Waals surface area contributed by atoms with Crippen LogP contribution in [-0.4, -0.2) is 54.7 Å². The molecule has 1 saturated carbocycles. The Morgan fingerprint density at radius 3 is 2.50 bits per heavy atom. The first-order valence-electron chi connectivity index (χ1n) is 5.75. The minimum absolute atomic E-state index is 0.380. The van der Waals surface area contributed by atoms with Crippen LogP contribution in [0.5, 0.6) is 0 Å². The summed E-state index contributed by atoms with van der Waals surface area (Å²) < 4.78 is 4.38. The maximum atomic E-state index is 11.7. The number of hydrogen-bond donors (Lipinski definition) is 2. The molecule has 1 aliphatic rings. The first kappa shape index (κ1) is 14.3. The molecule has 0 radical (unpaired) electrons. The van der Waals surface area contributed by atoms with E-state index in [0.717, 1.165) is 12.8 Å². The number of nitrogens with zero attached hydrogens (tertiary/aromatic N) is 1. The summed E-state index contributed by atoms with van der Waals surface area (Å²) in [4.78, 5) is 35.0. The number of nitrogens with one attached hydrogen (secondary N) is 1. The number of methoxy groups -OCH3 is 1. The second-order valence-electron chi connectivity index (χ2n) is 4.44. The van der Waals surface area contributed by atoms with Gasteiger partial charge in [0.2, 0.25) is 0 Å². The number of rotatable bonds is 6. The third-order valence-electron chi connectivity index (χ3n) is 2.77. The van der Waals surface area contributed by atoms with Crippen molar-refractivity contribution in [3.05, 3.63) is 0 Å². The van der Waals surface area contributed by atoms with Gasteiger partial charge in [-0.25, -0.2) is 9.59 Å². The van der Waals surface area contributed by atoms with Crippen LogP contribution >= 0.6 is 0 Å². The van der Waals surface area contributed by atoms with E-state index in [2.05, 4.69) is 10.1 Å². The summed E-state index contributed by atoms with van der Waals surface area (Å²) in [6.07, 6.45) is 1.82. The van der Waals surface area contributed by atoms with Gasteiger partial charge in [0.15, 0.2) is 0 Å². The average Bonchev–Trinajstić information content (AvgIpc) is 3.11. The van der Waals surface area contributed by atoms with Crippen molar-refractivity contribution in [2.75, 3.05) is 20.7 Å². The fourth-order valence-electron chi connectivity index (χ4n) is 1.48. The van der Waals surface area contributed by atoms with Crippen molar-refractivity contribution in [1.29, 1.82) is 0 Å². The van der Waals surface area contributed by atoms with Crippen LogP contribution in [0.25, 0.3) is 0 Å². The van der Waals surface area contributed by atoms with Crippen LogP contribution in [0.1, 0.15) is 19.3 Å². The normalized spacial score (nSPS) is 15.7. The van der Waals surface area contributed by atoms with Crippen molar-refractivity contribution >= 4 is 18.0 Å². The topological polar surface area (TPSA) is 95.9 Å². The zero-order chi connectivity index (χ0) is 13.7. The molecular formula is C11H18N2O5. The Balaban J connectivity index is 2.45. The number of urea groups is 1. The average molecular weight is 258 g/mol. The molecule has 102 valence electrons. The third-order valence-corrected chi connectivity index (χ3v) is 2.77. The van der Waals surface area contributed by atoms with Crippen LogP contribution in [0, 0.1) is 5.92 Å². The highest BCUT2D eigenvalue weighted by molar-refractivity contribution is 5.86. The zero-order valence-electron chi connectivity index (χ0n) is 10.5. The molecule has 0 heterocycles. The number of carbonyl (C=O) groups is 3. The van der Waals surface area contributed by atoms with Gasteiger partial charge in [-0.1, -0.05) is 0 Å². The number of carbonyl (C=O) groups excluding carboxylic acids is 2. The summed E-state index contributed by atoms with van der Waals surface area (Å²) in [5, 5.41) is 11.2. The number of hydrogen-bond acceptors (Lipinski definition) is 4. The molecule has 7 nitrogen and oxygen atoms in total. The third kappa shape index (κ3) is 4.60. The van der Waals surface area contributed by atoms with Crippen molar-refractivity contribution in [1.82, 2.24) is 10.2 Å².